The van der Waals surface area contributed by atoms with Crippen molar-refractivity contribution in [3.05, 3.63) is 58.7 Å². The number of likely N-dealkylation sites (N-methyl/N-ethyl adjacent to an activating group) is 1. The van der Waals surface area contributed by atoms with Gasteiger partial charge >= 0.3 is 0 Å². The maximum Gasteiger partial charge on any atom is 0.251 e. The van der Waals surface area contributed by atoms with Gasteiger partial charge in [0.15, 0.2) is 0 Å². The van der Waals surface area contributed by atoms with Crippen LogP contribution in [-0.4, -0.2) is 36.6 Å². The molecule has 0 fully saturated rings. The zero-order valence-corrected chi connectivity index (χ0v) is 18.2. The highest BCUT2D eigenvalue weighted by Gasteiger charge is 2.24. The third-order valence-electron chi connectivity index (χ3n) is 5.79. The van der Waals surface area contributed by atoms with Crippen LogP contribution in [0.4, 0.5) is 4.79 Å². The molecule has 0 bridgehead atoms. The molecule has 2 aromatic carbocycles. The summed E-state index contributed by atoms with van der Waals surface area (Å²) < 4.78 is 5.80. The van der Waals surface area contributed by atoms with Gasteiger partial charge in [-0.25, -0.2) is 0 Å². The summed E-state index contributed by atoms with van der Waals surface area (Å²) in [6.07, 6.45) is 4.68. The van der Waals surface area contributed by atoms with Crippen molar-refractivity contribution in [1.29, 1.82) is 0 Å². The summed E-state index contributed by atoms with van der Waals surface area (Å²) in [4.78, 5) is 15.2. The molecule has 3 nitrogen and oxygen atoms in total. The first-order valence-corrected chi connectivity index (χ1v) is 11.7. The van der Waals surface area contributed by atoms with Crippen molar-refractivity contribution in [2.45, 2.75) is 42.2 Å². The Balaban J connectivity index is 1.37. The molecule has 0 saturated heterocycles. The van der Waals surface area contributed by atoms with Crippen LogP contribution >= 0.6 is 23.5 Å². The van der Waals surface area contributed by atoms with Gasteiger partial charge < -0.3 is 9.64 Å². The number of nitrogens with zero attached hydrogens (tertiary/aromatic N) is 1. The van der Waals surface area contributed by atoms with Gasteiger partial charge in [-0.3, -0.25) is 4.79 Å². The van der Waals surface area contributed by atoms with Crippen LogP contribution in [0, 0.1) is 0 Å². The zero-order valence-electron chi connectivity index (χ0n) is 16.6. The van der Waals surface area contributed by atoms with Crippen LogP contribution in [0.3, 0.4) is 0 Å². The Morgan fingerprint density at radius 1 is 1.25 bits per heavy atom. The summed E-state index contributed by atoms with van der Waals surface area (Å²) in [5.41, 5.74) is 5.56. The molecule has 1 aliphatic carbocycles. The molecule has 1 heterocycles. The Kier molecular flexibility index (Phi) is 6.34. The van der Waals surface area contributed by atoms with Crippen molar-refractivity contribution in [1.82, 2.24) is 4.90 Å². The zero-order chi connectivity index (χ0) is 19.5. The molecule has 0 radical (unpaired) electrons. The predicted molar refractivity (Wildman–Crippen MR) is 119 cm³/mol. The van der Waals surface area contributed by atoms with E-state index in [0.29, 0.717) is 5.92 Å². The van der Waals surface area contributed by atoms with Crippen molar-refractivity contribution in [3.63, 3.8) is 0 Å². The topological polar surface area (TPSA) is 29.5 Å². The van der Waals surface area contributed by atoms with E-state index < -0.39 is 0 Å². The lowest BCUT2D eigenvalue weighted by atomic mass is 9.82. The van der Waals surface area contributed by atoms with E-state index in [1.165, 1.54) is 58.6 Å². The SMILES string of the molecule is COc1cccc2c1CCCC2CN(C)CCc1ccc2c(c1)CSC(=O)S2. The van der Waals surface area contributed by atoms with Gasteiger partial charge in [-0.05, 0) is 84.8 Å². The quantitative estimate of drug-likeness (QED) is 0.602. The maximum atomic E-state index is 11.6. The number of hydrogen-bond donors (Lipinski definition) is 0. The first-order chi connectivity index (χ1) is 13.6. The number of ether oxygens (including phenoxy) is 1. The van der Waals surface area contributed by atoms with Crippen molar-refractivity contribution in [3.8, 4) is 5.75 Å². The summed E-state index contributed by atoms with van der Waals surface area (Å²) in [7, 11) is 4.01. The lowest BCUT2D eigenvalue weighted by Crippen LogP contribution is -2.28. The fourth-order valence-electron chi connectivity index (χ4n) is 4.34. The van der Waals surface area contributed by atoms with Crippen LogP contribution in [0.1, 0.15) is 41.0 Å². The van der Waals surface area contributed by atoms with Gasteiger partial charge in [0.2, 0.25) is 0 Å². The van der Waals surface area contributed by atoms with Crippen LogP contribution in [0.25, 0.3) is 0 Å². The average Bonchev–Trinajstić information content (AvgIpc) is 2.72. The van der Waals surface area contributed by atoms with E-state index in [-0.39, 0.29) is 4.45 Å². The molecule has 1 atom stereocenters. The van der Waals surface area contributed by atoms with Crippen molar-refractivity contribution in [2.75, 3.05) is 27.2 Å². The van der Waals surface area contributed by atoms with E-state index in [4.69, 9.17) is 4.74 Å². The number of fused-ring (bicyclic) bond motifs is 2. The molecule has 28 heavy (non-hydrogen) atoms. The number of hydrogen-bond acceptors (Lipinski definition) is 5. The van der Waals surface area contributed by atoms with Gasteiger partial charge in [-0.15, -0.1) is 0 Å². The highest BCUT2D eigenvalue weighted by Crippen LogP contribution is 2.38. The number of methoxy groups -OCH3 is 1. The van der Waals surface area contributed by atoms with Gasteiger partial charge in [-0.2, -0.15) is 0 Å². The minimum atomic E-state index is 0.212. The first-order valence-electron chi connectivity index (χ1n) is 9.95. The summed E-state index contributed by atoms with van der Waals surface area (Å²) in [5, 5.41) is 0. The molecule has 0 amide bonds. The van der Waals surface area contributed by atoms with Crippen molar-refractivity contribution in [2.24, 2.45) is 0 Å². The molecule has 2 aromatic rings. The number of rotatable bonds is 6. The lowest BCUT2D eigenvalue weighted by molar-refractivity contribution is 0.276. The van der Waals surface area contributed by atoms with Crippen LogP contribution < -0.4 is 4.74 Å². The van der Waals surface area contributed by atoms with Gasteiger partial charge in [0.1, 0.15) is 5.75 Å². The molecular weight excluding hydrogens is 386 g/mol. The summed E-state index contributed by atoms with van der Waals surface area (Å²) in [6, 6.07) is 13.1. The van der Waals surface area contributed by atoms with E-state index >= 15 is 0 Å². The summed E-state index contributed by atoms with van der Waals surface area (Å²) >= 11 is 2.79. The molecule has 0 spiro atoms. The highest BCUT2D eigenvalue weighted by atomic mass is 32.2. The van der Waals surface area contributed by atoms with Gasteiger partial charge in [0.05, 0.1) is 7.11 Å². The predicted octanol–water partition coefficient (Wildman–Crippen LogP) is 5.75. The van der Waals surface area contributed by atoms with Crippen molar-refractivity contribution < 1.29 is 9.53 Å². The molecule has 5 heteroatoms. The first kappa shape index (κ1) is 19.9. The normalized spacial score (nSPS) is 18.7. The van der Waals surface area contributed by atoms with E-state index in [1.54, 1.807) is 7.11 Å². The van der Waals surface area contributed by atoms with Crippen LogP contribution in [0.15, 0.2) is 41.3 Å². The third kappa shape index (κ3) is 4.42. The van der Waals surface area contributed by atoms with E-state index in [9.17, 15) is 4.79 Å². The number of thioether (sulfide) groups is 2. The molecule has 1 unspecified atom stereocenters. The fraction of sp³-hybridized carbons (Fsp3) is 0.435. The second kappa shape index (κ2) is 8.93. The average molecular weight is 414 g/mol. The fourth-order valence-corrected chi connectivity index (χ4v) is 6.20. The molecule has 4 rings (SSSR count). The summed E-state index contributed by atoms with van der Waals surface area (Å²) in [5.74, 6) is 2.45. The smallest absolute Gasteiger partial charge is 0.251 e. The monoisotopic (exact) mass is 413 g/mol. The lowest BCUT2D eigenvalue weighted by Gasteiger charge is -2.30. The Bertz CT molecular complexity index is 868. The number of carbonyl (C=O) groups is 1. The standard InChI is InChI=1S/C23H27NO2S2/c1-24(12-11-16-9-10-22-18(13-16)15-27-23(25)28-22)14-17-5-3-7-20-19(17)6-4-8-21(20)26-2/h4,6,8-10,13,17H,3,5,7,11-12,14-15H2,1-2H3. The van der Waals surface area contributed by atoms with Gasteiger partial charge in [0, 0.05) is 23.7 Å². The highest BCUT2D eigenvalue weighted by molar-refractivity contribution is 8.38. The Hall–Kier alpha value is -1.43. The van der Waals surface area contributed by atoms with E-state index in [0.717, 1.165) is 42.3 Å². The molecule has 148 valence electrons. The maximum absolute atomic E-state index is 11.6. The second-order valence-corrected chi connectivity index (χ2v) is 9.93. The van der Waals surface area contributed by atoms with E-state index in [2.05, 4.69) is 48.3 Å². The Labute approximate surface area is 176 Å². The van der Waals surface area contributed by atoms with E-state index in [1.807, 2.05) is 0 Å². The molecule has 0 saturated carbocycles. The molecule has 0 N–H and O–H groups in total. The molecule has 0 aromatic heterocycles. The van der Waals surface area contributed by atoms with Crippen LogP contribution in [0.2, 0.25) is 0 Å². The largest absolute Gasteiger partial charge is 0.496 e. The van der Waals surface area contributed by atoms with Gasteiger partial charge in [0.25, 0.3) is 4.45 Å². The Morgan fingerprint density at radius 2 is 2.14 bits per heavy atom. The number of carbonyl (C=O) groups excluding carboxylic acids is 1. The third-order valence-corrected chi connectivity index (χ3v) is 7.87. The Morgan fingerprint density at radius 3 is 3.00 bits per heavy atom. The minimum Gasteiger partial charge on any atom is -0.496 e. The molecule has 1 aliphatic heterocycles. The molecular formula is C23H27NO2S2. The summed E-state index contributed by atoms with van der Waals surface area (Å²) in [6.45, 7) is 2.14. The number of benzene rings is 2. The van der Waals surface area contributed by atoms with Crippen LogP contribution in [-0.2, 0) is 18.6 Å². The van der Waals surface area contributed by atoms with Gasteiger partial charge in [-0.1, -0.05) is 36.0 Å². The van der Waals surface area contributed by atoms with Crippen LogP contribution in [0.5, 0.6) is 5.75 Å². The molecule has 2 aliphatic rings. The van der Waals surface area contributed by atoms with Crippen molar-refractivity contribution >= 4 is 28.0 Å². The second-order valence-electron chi connectivity index (χ2n) is 7.71. The minimum absolute atomic E-state index is 0.212.